The van der Waals surface area contributed by atoms with Crippen molar-refractivity contribution in [1.29, 1.82) is 0 Å². The average Bonchev–Trinajstić information content (AvgIpc) is 3.19. The number of aromatic nitrogens is 1. The lowest BCUT2D eigenvalue weighted by Gasteiger charge is -2.34. The Labute approximate surface area is 180 Å². The van der Waals surface area contributed by atoms with Crippen molar-refractivity contribution < 1.29 is 4.79 Å². The number of halogens is 1. The maximum atomic E-state index is 12.7. The first-order valence-electron chi connectivity index (χ1n) is 9.84. The maximum absolute atomic E-state index is 12.7. The zero-order chi connectivity index (χ0) is 20.2. The second-order valence-corrected chi connectivity index (χ2v) is 8.65. The van der Waals surface area contributed by atoms with Gasteiger partial charge in [-0.25, -0.2) is 4.98 Å². The number of carbonyl (C=O) groups excluding carboxylic acids is 1. The molecule has 3 aromatic rings. The van der Waals surface area contributed by atoms with Gasteiger partial charge in [-0.3, -0.25) is 9.69 Å². The molecule has 4 nitrogen and oxygen atoms in total. The number of nitrogens with zero attached hydrogens (tertiary/aromatic N) is 3. The summed E-state index contributed by atoms with van der Waals surface area (Å²) in [6.07, 6.45) is 0.486. The fourth-order valence-electron chi connectivity index (χ4n) is 3.61. The van der Waals surface area contributed by atoms with Crippen LogP contribution in [0.25, 0.3) is 10.6 Å². The fourth-order valence-corrected chi connectivity index (χ4v) is 4.74. The number of benzene rings is 2. The summed E-state index contributed by atoms with van der Waals surface area (Å²) < 4.78 is 0. The highest BCUT2D eigenvalue weighted by atomic mass is 35.5. The molecule has 2 aromatic carbocycles. The summed E-state index contributed by atoms with van der Waals surface area (Å²) in [5, 5.41) is 3.79. The molecule has 0 N–H and O–H groups in total. The van der Waals surface area contributed by atoms with Crippen molar-refractivity contribution in [3.63, 3.8) is 0 Å². The van der Waals surface area contributed by atoms with Gasteiger partial charge in [0.1, 0.15) is 5.01 Å². The molecule has 1 fully saturated rings. The summed E-state index contributed by atoms with van der Waals surface area (Å²) in [5.41, 5.74) is 4.34. The van der Waals surface area contributed by atoms with E-state index in [1.807, 2.05) is 47.4 Å². The average molecular weight is 426 g/mol. The highest BCUT2D eigenvalue weighted by Crippen LogP contribution is 2.30. The molecule has 4 rings (SSSR count). The third-order valence-corrected chi connectivity index (χ3v) is 6.62. The minimum absolute atomic E-state index is 0.216. The molecule has 0 unspecified atom stereocenters. The zero-order valence-corrected chi connectivity index (χ0v) is 18.0. The van der Waals surface area contributed by atoms with Crippen LogP contribution in [0.5, 0.6) is 0 Å². The van der Waals surface area contributed by atoms with Crippen LogP contribution in [-0.4, -0.2) is 46.9 Å². The molecule has 0 atom stereocenters. The van der Waals surface area contributed by atoms with E-state index in [0.717, 1.165) is 59.6 Å². The van der Waals surface area contributed by atoms with Crippen LogP contribution in [0.4, 0.5) is 0 Å². The van der Waals surface area contributed by atoms with Crippen molar-refractivity contribution in [2.75, 3.05) is 26.2 Å². The number of rotatable bonds is 5. The van der Waals surface area contributed by atoms with Crippen molar-refractivity contribution in [3.8, 4) is 10.6 Å². The third kappa shape index (κ3) is 4.86. The molecule has 0 radical (unpaired) electrons. The second kappa shape index (κ2) is 9.08. The Bertz CT molecular complexity index is 995. The van der Waals surface area contributed by atoms with Crippen LogP contribution < -0.4 is 0 Å². The Balaban J connectivity index is 1.31. The molecule has 0 aliphatic carbocycles. The van der Waals surface area contributed by atoms with E-state index in [4.69, 9.17) is 16.6 Å². The Kier molecular flexibility index (Phi) is 6.28. The van der Waals surface area contributed by atoms with E-state index in [0.29, 0.717) is 6.42 Å². The van der Waals surface area contributed by atoms with Gasteiger partial charge in [0.25, 0.3) is 0 Å². The Morgan fingerprint density at radius 2 is 1.79 bits per heavy atom. The van der Waals surface area contributed by atoms with Crippen molar-refractivity contribution in [2.24, 2.45) is 0 Å². The molecule has 1 aliphatic heterocycles. The van der Waals surface area contributed by atoms with Crippen LogP contribution in [0, 0.1) is 6.92 Å². The van der Waals surface area contributed by atoms with Gasteiger partial charge in [0, 0.05) is 43.7 Å². The van der Waals surface area contributed by atoms with E-state index in [-0.39, 0.29) is 5.91 Å². The SMILES string of the molecule is Cc1ccccc1CC(=O)N1CCN(Cc2csc(-c3ccccc3Cl)n2)CC1. The minimum atomic E-state index is 0.216. The Morgan fingerprint density at radius 1 is 1.07 bits per heavy atom. The normalized spacial score (nSPS) is 14.9. The zero-order valence-electron chi connectivity index (χ0n) is 16.5. The van der Waals surface area contributed by atoms with Crippen molar-refractivity contribution >= 4 is 28.8 Å². The lowest BCUT2D eigenvalue weighted by Crippen LogP contribution is -2.48. The predicted octanol–water partition coefficient (Wildman–Crippen LogP) is 4.66. The second-order valence-electron chi connectivity index (χ2n) is 7.38. The standard InChI is InChI=1S/C23H24ClN3OS/c1-17-6-2-3-7-18(17)14-22(28)27-12-10-26(11-13-27)15-19-16-29-23(25-19)20-8-4-5-9-21(20)24/h2-9,16H,10-15H2,1H3. The van der Waals surface area contributed by atoms with Gasteiger partial charge in [-0.15, -0.1) is 11.3 Å². The molecule has 0 bridgehead atoms. The van der Waals surface area contributed by atoms with Crippen LogP contribution in [-0.2, 0) is 17.8 Å². The van der Waals surface area contributed by atoms with Gasteiger partial charge in [0.15, 0.2) is 0 Å². The highest BCUT2D eigenvalue weighted by Gasteiger charge is 2.22. The fraction of sp³-hybridized carbons (Fsp3) is 0.304. The molecular weight excluding hydrogens is 402 g/mol. The van der Waals surface area contributed by atoms with Crippen molar-refractivity contribution in [2.45, 2.75) is 19.9 Å². The highest BCUT2D eigenvalue weighted by molar-refractivity contribution is 7.13. The molecule has 6 heteroatoms. The molecule has 1 saturated heterocycles. The number of aryl methyl sites for hydroxylation is 1. The quantitative estimate of drug-likeness (QED) is 0.596. The van der Waals surface area contributed by atoms with Gasteiger partial charge in [-0.05, 0) is 24.1 Å². The van der Waals surface area contributed by atoms with E-state index in [2.05, 4.69) is 23.3 Å². The summed E-state index contributed by atoms with van der Waals surface area (Å²) in [6, 6.07) is 15.9. The lowest BCUT2D eigenvalue weighted by atomic mass is 10.1. The van der Waals surface area contributed by atoms with E-state index in [1.165, 1.54) is 5.56 Å². The summed E-state index contributed by atoms with van der Waals surface area (Å²) in [6.45, 7) is 6.15. The van der Waals surface area contributed by atoms with Gasteiger partial charge in [0.05, 0.1) is 17.1 Å². The number of amides is 1. The topological polar surface area (TPSA) is 36.4 Å². The molecular formula is C23H24ClN3OS. The number of hydrogen-bond donors (Lipinski definition) is 0. The minimum Gasteiger partial charge on any atom is -0.340 e. The molecule has 1 aliphatic rings. The first-order valence-corrected chi connectivity index (χ1v) is 11.1. The van der Waals surface area contributed by atoms with E-state index in [9.17, 15) is 4.79 Å². The smallest absolute Gasteiger partial charge is 0.227 e. The van der Waals surface area contributed by atoms with Crippen LogP contribution >= 0.6 is 22.9 Å². The van der Waals surface area contributed by atoms with Crippen LogP contribution in [0.1, 0.15) is 16.8 Å². The summed E-state index contributed by atoms with van der Waals surface area (Å²) in [4.78, 5) is 21.8. The van der Waals surface area contributed by atoms with Gasteiger partial charge in [0.2, 0.25) is 5.91 Å². The van der Waals surface area contributed by atoms with Gasteiger partial charge >= 0.3 is 0 Å². The molecule has 1 aromatic heterocycles. The number of thiazole rings is 1. The van der Waals surface area contributed by atoms with Crippen LogP contribution in [0.3, 0.4) is 0 Å². The molecule has 2 heterocycles. The summed E-state index contributed by atoms with van der Waals surface area (Å²) in [7, 11) is 0. The van der Waals surface area contributed by atoms with Crippen LogP contribution in [0.15, 0.2) is 53.9 Å². The molecule has 1 amide bonds. The van der Waals surface area contributed by atoms with E-state index >= 15 is 0 Å². The van der Waals surface area contributed by atoms with Gasteiger partial charge < -0.3 is 4.90 Å². The molecule has 0 saturated carbocycles. The Morgan fingerprint density at radius 3 is 2.55 bits per heavy atom. The molecule has 29 heavy (non-hydrogen) atoms. The maximum Gasteiger partial charge on any atom is 0.227 e. The number of hydrogen-bond acceptors (Lipinski definition) is 4. The van der Waals surface area contributed by atoms with Crippen molar-refractivity contribution in [3.05, 3.63) is 75.8 Å². The van der Waals surface area contributed by atoms with E-state index < -0.39 is 0 Å². The van der Waals surface area contributed by atoms with Crippen molar-refractivity contribution in [1.82, 2.24) is 14.8 Å². The first-order chi connectivity index (χ1) is 14.1. The van der Waals surface area contributed by atoms with Gasteiger partial charge in [-0.1, -0.05) is 54.1 Å². The Hall–Kier alpha value is -2.21. The molecule has 150 valence electrons. The predicted molar refractivity (Wildman–Crippen MR) is 119 cm³/mol. The third-order valence-electron chi connectivity index (χ3n) is 5.37. The van der Waals surface area contributed by atoms with Gasteiger partial charge in [-0.2, -0.15) is 0 Å². The summed E-state index contributed by atoms with van der Waals surface area (Å²) >= 11 is 7.92. The summed E-state index contributed by atoms with van der Waals surface area (Å²) in [5.74, 6) is 0.216. The monoisotopic (exact) mass is 425 g/mol. The largest absolute Gasteiger partial charge is 0.340 e. The first kappa shape index (κ1) is 20.1. The van der Waals surface area contributed by atoms with E-state index in [1.54, 1.807) is 11.3 Å². The number of carbonyl (C=O) groups is 1. The molecule has 0 spiro atoms. The lowest BCUT2D eigenvalue weighted by molar-refractivity contribution is -0.132. The van der Waals surface area contributed by atoms with Crippen LogP contribution in [0.2, 0.25) is 5.02 Å². The number of piperazine rings is 1.